The number of carboxylic acids is 1. The maximum absolute atomic E-state index is 12.6. The first-order chi connectivity index (χ1) is 12.2. The lowest BCUT2D eigenvalue weighted by molar-refractivity contribution is -0.138. The number of aryl methyl sites for hydroxylation is 3. The van der Waals surface area contributed by atoms with Crippen LogP contribution in [0.4, 0.5) is 0 Å². The number of carbonyl (C=O) groups excluding carboxylic acids is 1. The number of nitrogens with zero attached hydrogens (tertiary/aromatic N) is 5. The van der Waals surface area contributed by atoms with Crippen LogP contribution >= 0.6 is 0 Å². The first kappa shape index (κ1) is 19.6. The Labute approximate surface area is 152 Å². The second-order valence-electron chi connectivity index (χ2n) is 6.31. The smallest absolute Gasteiger partial charge is 0.305 e. The molecule has 8 heteroatoms. The predicted octanol–water partition coefficient (Wildman–Crippen LogP) is 1.76. The van der Waals surface area contributed by atoms with E-state index in [1.165, 1.54) is 0 Å². The summed E-state index contributed by atoms with van der Waals surface area (Å²) in [5.41, 5.74) is 4.08. The van der Waals surface area contributed by atoms with Crippen LogP contribution in [0.1, 0.15) is 41.7 Å². The molecule has 1 amide bonds. The fourth-order valence-corrected chi connectivity index (χ4v) is 2.88. The molecule has 2 aromatic rings. The van der Waals surface area contributed by atoms with Gasteiger partial charge in [-0.25, -0.2) is 14.6 Å². The van der Waals surface area contributed by atoms with E-state index in [2.05, 4.69) is 15.1 Å². The Morgan fingerprint density at radius 3 is 2.31 bits per heavy atom. The number of likely N-dealkylation sites (N-methyl/N-ethyl adjacent to an activating group) is 1. The van der Waals surface area contributed by atoms with E-state index >= 15 is 0 Å². The third-order valence-electron chi connectivity index (χ3n) is 4.26. The van der Waals surface area contributed by atoms with Crippen LogP contribution in [0.2, 0.25) is 0 Å². The molecule has 0 atom stereocenters. The van der Waals surface area contributed by atoms with Crippen molar-refractivity contribution in [3.05, 3.63) is 34.4 Å². The van der Waals surface area contributed by atoms with Crippen molar-refractivity contribution < 1.29 is 14.7 Å². The van der Waals surface area contributed by atoms with Crippen LogP contribution < -0.4 is 0 Å². The second kappa shape index (κ2) is 8.07. The standard InChI is InChI=1S/C18H25N5O3/c1-6-22(8-7-17(25)26)16(24)10-15-13(4)21-23(14(15)5)18-19-11(2)9-12(3)20-18/h9H,6-8,10H2,1-5H3,(H,25,26). The SMILES string of the molecule is CCN(CCC(=O)O)C(=O)Cc1c(C)nn(-c2nc(C)cc(C)n2)c1C. The van der Waals surface area contributed by atoms with Gasteiger partial charge in [0.15, 0.2) is 0 Å². The van der Waals surface area contributed by atoms with Crippen molar-refractivity contribution in [3.8, 4) is 5.95 Å². The van der Waals surface area contributed by atoms with Crippen molar-refractivity contribution in [3.63, 3.8) is 0 Å². The number of hydrogen-bond donors (Lipinski definition) is 1. The summed E-state index contributed by atoms with van der Waals surface area (Å²) in [6, 6.07) is 1.89. The van der Waals surface area contributed by atoms with Gasteiger partial charge in [0.2, 0.25) is 5.91 Å². The van der Waals surface area contributed by atoms with Gasteiger partial charge in [-0.2, -0.15) is 5.10 Å². The van der Waals surface area contributed by atoms with Crippen LogP contribution in [0.5, 0.6) is 0 Å². The van der Waals surface area contributed by atoms with Crippen LogP contribution in [0, 0.1) is 27.7 Å². The van der Waals surface area contributed by atoms with Gasteiger partial charge in [0.05, 0.1) is 18.5 Å². The first-order valence-electron chi connectivity index (χ1n) is 8.60. The van der Waals surface area contributed by atoms with Gasteiger partial charge in [-0.15, -0.1) is 0 Å². The molecule has 0 fully saturated rings. The molecule has 26 heavy (non-hydrogen) atoms. The topological polar surface area (TPSA) is 101 Å². The Balaban J connectivity index is 2.27. The minimum atomic E-state index is -0.914. The maximum atomic E-state index is 12.6. The summed E-state index contributed by atoms with van der Waals surface area (Å²) in [4.78, 5) is 33.7. The molecule has 0 saturated carbocycles. The molecule has 8 nitrogen and oxygen atoms in total. The monoisotopic (exact) mass is 359 g/mol. The van der Waals surface area contributed by atoms with Crippen molar-refractivity contribution in [1.29, 1.82) is 0 Å². The fourth-order valence-electron chi connectivity index (χ4n) is 2.88. The molecule has 2 aromatic heterocycles. The highest BCUT2D eigenvalue weighted by atomic mass is 16.4. The van der Waals surface area contributed by atoms with Gasteiger partial charge < -0.3 is 10.0 Å². The molecule has 0 radical (unpaired) electrons. The highest BCUT2D eigenvalue weighted by molar-refractivity contribution is 5.80. The zero-order valence-electron chi connectivity index (χ0n) is 15.9. The summed E-state index contributed by atoms with van der Waals surface area (Å²) >= 11 is 0. The molecule has 0 aromatic carbocycles. The van der Waals surface area contributed by atoms with E-state index in [0.29, 0.717) is 12.5 Å². The zero-order valence-corrected chi connectivity index (χ0v) is 15.9. The summed E-state index contributed by atoms with van der Waals surface area (Å²) in [7, 11) is 0. The molecule has 1 N–H and O–H groups in total. The lowest BCUT2D eigenvalue weighted by Gasteiger charge is -2.20. The van der Waals surface area contributed by atoms with Crippen LogP contribution in [0.3, 0.4) is 0 Å². The molecule has 2 rings (SSSR count). The Kier molecular flexibility index (Phi) is 6.07. The maximum Gasteiger partial charge on any atom is 0.305 e. The van der Waals surface area contributed by atoms with Gasteiger partial charge in [-0.05, 0) is 40.7 Å². The predicted molar refractivity (Wildman–Crippen MR) is 96.3 cm³/mol. The van der Waals surface area contributed by atoms with E-state index in [1.54, 1.807) is 9.58 Å². The van der Waals surface area contributed by atoms with Gasteiger partial charge in [-0.1, -0.05) is 0 Å². The number of amides is 1. The number of hydrogen-bond acceptors (Lipinski definition) is 5. The highest BCUT2D eigenvalue weighted by Crippen LogP contribution is 2.18. The number of aromatic nitrogens is 4. The van der Waals surface area contributed by atoms with Crippen LogP contribution in [-0.2, 0) is 16.0 Å². The molecule has 140 valence electrons. The minimum absolute atomic E-state index is 0.0623. The van der Waals surface area contributed by atoms with E-state index in [0.717, 1.165) is 28.3 Å². The third kappa shape index (κ3) is 4.44. The van der Waals surface area contributed by atoms with Crippen molar-refractivity contribution in [2.24, 2.45) is 0 Å². The van der Waals surface area contributed by atoms with Crippen molar-refractivity contribution in [1.82, 2.24) is 24.6 Å². The number of aliphatic carboxylic acids is 1. The molecule has 0 spiro atoms. The summed E-state index contributed by atoms with van der Waals surface area (Å²) in [5, 5.41) is 13.3. The van der Waals surface area contributed by atoms with E-state index in [-0.39, 0.29) is 25.3 Å². The average Bonchev–Trinajstić information content (AvgIpc) is 2.82. The largest absolute Gasteiger partial charge is 0.481 e. The lowest BCUT2D eigenvalue weighted by Crippen LogP contribution is -2.34. The van der Waals surface area contributed by atoms with Gasteiger partial charge in [0, 0.05) is 35.7 Å². The number of rotatable bonds is 7. The van der Waals surface area contributed by atoms with Crippen molar-refractivity contribution >= 4 is 11.9 Å². The zero-order chi connectivity index (χ0) is 19.4. The highest BCUT2D eigenvalue weighted by Gasteiger charge is 2.20. The van der Waals surface area contributed by atoms with E-state index < -0.39 is 5.97 Å². The van der Waals surface area contributed by atoms with E-state index in [9.17, 15) is 9.59 Å². The van der Waals surface area contributed by atoms with Gasteiger partial charge >= 0.3 is 5.97 Å². The molecule has 0 aliphatic rings. The second-order valence-corrected chi connectivity index (χ2v) is 6.31. The molecule has 0 aliphatic heterocycles. The Bertz CT molecular complexity index is 808. The minimum Gasteiger partial charge on any atom is -0.481 e. The van der Waals surface area contributed by atoms with Crippen LogP contribution in [0.15, 0.2) is 6.07 Å². The average molecular weight is 359 g/mol. The summed E-state index contributed by atoms with van der Waals surface area (Å²) in [6.45, 7) is 10.0. The van der Waals surface area contributed by atoms with E-state index in [4.69, 9.17) is 5.11 Å². The molecular weight excluding hydrogens is 334 g/mol. The lowest BCUT2D eigenvalue weighted by atomic mass is 10.1. The molecule has 0 unspecified atom stereocenters. The van der Waals surface area contributed by atoms with Crippen molar-refractivity contribution in [2.75, 3.05) is 13.1 Å². The van der Waals surface area contributed by atoms with Crippen LogP contribution in [-0.4, -0.2) is 54.7 Å². The number of carboxylic acid groups (broad SMARTS) is 1. The van der Waals surface area contributed by atoms with E-state index in [1.807, 2.05) is 40.7 Å². The van der Waals surface area contributed by atoms with Gasteiger partial charge in [-0.3, -0.25) is 9.59 Å². The molecule has 2 heterocycles. The molecule has 0 aliphatic carbocycles. The quantitative estimate of drug-likeness (QED) is 0.808. The summed E-state index contributed by atoms with van der Waals surface area (Å²) in [5.74, 6) is -0.538. The molecular formula is C18H25N5O3. The van der Waals surface area contributed by atoms with Gasteiger partial charge in [0.25, 0.3) is 5.95 Å². The Hall–Kier alpha value is -2.77. The fraction of sp³-hybridized carbons (Fsp3) is 0.500. The number of carbonyl (C=O) groups is 2. The molecule has 0 saturated heterocycles. The van der Waals surface area contributed by atoms with Crippen molar-refractivity contribution in [2.45, 2.75) is 47.5 Å². The van der Waals surface area contributed by atoms with Gasteiger partial charge in [0.1, 0.15) is 0 Å². The normalized spacial score (nSPS) is 10.8. The summed E-state index contributed by atoms with van der Waals surface area (Å²) < 4.78 is 1.66. The Morgan fingerprint density at radius 1 is 1.15 bits per heavy atom. The third-order valence-corrected chi connectivity index (χ3v) is 4.26. The first-order valence-corrected chi connectivity index (χ1v) is 8.60. The molecule has 0 bridgehead atoms. The summed E-state index contributed by atoms with van der Waals surface area (Å²) in [6.07, 6.45) is 0.114. The Morgan fingerprint density at radius 2 is 1.77 bits per heavy atom. The van der Waals surface area contributed by atoms with Crippen LogP contribution in [0.25, 0.3) is 5.95 Å².